The van der Waals surface area contributed by atoms with Gasteiger partial charge in [-0.2, -0.15) is 0 Å². The van der Waals surface area contributed by atoms with Gasteiger partial charge in [0.05, 0.1) is 6.54 Å². The van der Waals surface area contributed by atoms with Crippen molar-refractivity contribution in [3.8, 4) is 5.75 Å². The van der Waals surface area contributed by atoms with E-state index in [1.807, 2.05) is 0 Å². The van der Waals surface area contributed by atoms with E-state index in [4.69, 9.17) is 22.9 Å². The fraction of sp³-hybridized carbons (Fsp3) is 0.600. The molecule has 0 heterocycles. The van der Waals surface area contributed by atoms with Crippen molar-refractivity contribution in [2.45, 2.75) is 32.7 Å². The minimum absolute atomic E-state index is 0.127. The van der Waals surface area contributed by atoms with Crippen LogP contribution in [0.2, 0.25) is 0 Å². The summed E-state index contributed by atoms with van der Waals surface area (Å²) in [5, 5.41) is 17.5. The number of hydrogen-bond acceptors (Lipinski definition) is 6. The second-order valence-corrected chi connectivity index (χ2v) is 4.68. The molecule has 92 valence electrons. The zero-order valence-electron chi connectivity index (χ0n) is 9.93. The summed E-state index contributed by atoms with van der Waals surface area (Å²) < 4.78 is 5.30. The largest absolute Gasteiger partial charge is 0.482 e. The standard InChI is InChI=1S/C10H14BNO5/c1-10(2,3)17-9-6(7(15)8(9)16)12(11)4-5(13)14/h5,13-14H,4H2,1-3H3. The fourth-order valence-corrected chi connectivity index (χ4v) is 1.29. The molecular weight excluding hydrogens is 225 g/mol. The Morgan fingerprint density at radius 1 is 1.29 bits per heavy atom. The molecule has 0 spiro atoms. The van der Waals surface area contributed by atoms with Crippen LogP contribution in [0.1, 0.15) is 20.8 Å². The zero-order chi connectivity index (χ0) is 13.4. The predicted octanol–water partition coefficient (Wildman–Crippen LogP) is -1.34. The second kappa shape index (κ2) is 4.50. The maximum atomic E-state index is 11.3. The summed E-state index contributed by atoms with van der Waals surface area (Å²) in [6.07, 6.45) is -1.70. The molecule has 0 unspecified atom stereocenters. The molecule has 0 aromatic heterocycles. The number of anilines is 1. The normalized spacial score (nSPS) is 12.1. The van der Waals surface area contributed by atoms with Crippen molar-refractivity contribution in [1.82, 2.24) is 0 Å². The molecule has 1 aromatic rings. The SMILES string of the molecule is [B]N(CC(O)O)c1c(OC(C)(C)C)c(=O)c1=O. The van der Waals surface area contributed by atoms with Gasteiger partial charge in [0, 0.05) is 0 Å². The topological polar surface area (TPSA) is 87.1 Å². The molecule has 0 saturated heterocycles. The first-order valence-corrected chi connectivity index (χ1v) is 5.04. The van der Waals surface area contributed by atoms with Gasteiger partial charge in [-0.1, -0.05) is 0 Å². The lowest BCUT2D eigenvalue weighted by Gasteiger charge is -2.28. The fourth-order valence-electron chi connectivity index (χ4n) is 1.29. The van der Waals surface area contributed by atoms with Gasteiger partial charge < -0.3 is 19.8 Å². The molecule has 0 atom stereocenters. The van der Waals surface area contributed by atoms with Crippen LogP contribution in [0.15, 0.2) is 9.59 Å². The first-order valence-electron chi connectivity index (χ1n) is 5.04. The van der Waals surface area contributed by atoms with Crippen molar-refractivity contribution in [2.24, 2.45) is 0 Å². The maximum absolute atomic E-state index is 11.3. The third-order valence-corrected chi connectivity index (χ3v) is 1.90. The van der Waals surface area contributed by atoms with E-state index >= 15 is 0 Å². The van der Waals surface area contributed by atoms with E-state index in [1.54, 1.807) is 20.8 Å². The average Bonchev–Trinajstić information content (AvgIpc) is 2.13. The molecule has 0 aliphatic heterocycles. The van der Waals surface area contributed by atoms with Crippen molar-refractivity contribution in [3.63, 3.8) is 0 Å². The molecule has 7 heteroatoms. The van der Waals surface area contributed by atoms with Crippen molar-refractivity contribution >= 4 is 13.7 Å². The first kappa shape index (κ1) is 13.7. The third kappa shape index (κ3) is 3.07. The van der Waals surface area contributed by atoms with Gasteiger partial charge in [-0.05, 0) is 20.8 Å². The highest BCUT2D eigenvalue weighted by atomic mass is 16.5. The maximum Gasteiger partial charge on any atom is 0.271 e. The second-order valence-electron chi connectivity index (χ2n) is 4.68. The number of rotatable bonds is 4. The van der Waals surface area contributed by atoms with Crippen LogP contribution < -0.4 is 20.4 Å². The zero-order valence-corrected chi connectivity index (χ0v) is 9.93. The molecule has 0 amide bonds. The van der Waals surface area contributed by atoms with E-state index in [9.17, 15) is 9.59 Å². The minimum atomic E-state index is -1.70. The van der Waals surface area contributed by atoms with E-state index in [2.05, 4.69) is 0 Å². The smallest absolute Gasteiger partial charge is 0.271 e. The summed E-state index contributed by atoms with van der Waals surface area (Å²) in [5.74, 6) is -0.134. The number of aliphatic hydroxyl groups is 2. The van der Waals surface area contributed by atoms with Crippen LogP contribution in [0.5, 0.6) is 5.75 Å². The highest BCUT2D eigenvalue weighted by Gasteiger charge is 2.29. The summed E-state index contributed by atoms with van der Waals surface area (Å²) in [6, 6.07) is 0. The van der Waals surface area contributed by atoms with Crippen molar-refractivity contribution < 1.29 is 14.9 Å². The number of ether oxygens (including phenoxy) is 1. The number of aliphatic hydroxyl groups excluding tert-OH is 1. The Morgan fingerprint density at radius 2 is 1.82 bits per heavy atom. The lowest BCUT2D eigenvalue weighted by atomic mass is 10.1. The van der Waals surface area contributed by atoms with Gasteiger partial charge in [0.2, 0.25) is 7.98 Å². The summed E-state index contributed by atoms with van der Waals surface area (Å²) in [4.78, 5) is 23.4. The molecule has 0 bridgehead atoms. The molecule has 2 radical (unpaired) electrons. The summed E-state index contributed by atoms with van der Waals surface area (Å²) in [6.45, 7) is 4.77. The van der Waals surface area contributed by atoms with Gasteiger partial charge in [-0.15, -0.1) is 0 Å². The average molecular weight is 239 g/mol. The first-order chi connectivity index (χ1) is 7.63. The molecular formula is C10H14BNO5. The Bertz CT molecular complexity index is 470. The lowest BCUT2D eigenvalue weighted by Crippen LogP contribution is -2.45. The Hall–Kier alpha value is -1.34. The van der Waals surface area contributed by atoms with Gasteiger partial charge >= 0.3 is 0 Å². The van der Waals surface area contributed by atoms with Crippen LogP contribution in [-0.2, 0) is 0 Å². The molecule has 17 heavy (non-hydrogen) atoms. The molecule has 0 aliphatic carbocycles. The number of hydrogen-bond donors (Lipinski definition) is 2. The van der Waals surface area contributed by atoms with Crippen LogP contribution in [-0.4, -0.2) is 36.6 Å². The van der Waals surface area contributed by atoms with Crippen LogP contribution in [0, 0.1) is 0 Å². The van der Waals surface area contributed by atoms with Crippen molar-refractivity contribution in [3.05, 3.63) is 20.4 Å². The summed E-state index contributed by atoms with van der Waals surface area (Å²) in [5.41, 5.74) is -2.31. The molecule has 1 rings (SSSR count). The highest BCUT2D eigenvalue weighted by molar-refractivity contribution is 6.18. The third-order valence-electron chi connectivity index (χ3n) is 1.90. The Balaban J connectivity index is 2.98. The van der Waals surface area contributed by atoms with E-state index in [0.29, 0.717) is 0 Å². The van der Waals surface area contributed by atoms with Crippen molar-refractivity contribution in [2.75, 3.05) is 11.4 Å². The van der Waals surface area contributed by atoms with Gasteiger partial charge in [-0.3, -0.25) is 9.59 Å². The van der Waals surface area contributed by atoms with Crippen LogP contribution >= 0.6 is 0 Å². The van der Waals surface area contributed by atoms with Crippen LogP contribution in [0.4, 0.5) is 5.69 Å². The summed E-state index contributed by atoms with van der Waals surface area (Å²) >= 11 is 0. The summed E-state index contributed by atoms with van der Waals surface area (Å²) in [7, 11) is 5.44. The molecule has 0 saturated carbocycles. The van der Waals surface area contributed by atoms with E-state index in [0.717, 1.165) is 4.81 Å². The molecule has 0 aliphatic rings. The van der Waals surface area contributed by atoms with Gasteiger partial charge in [0.15, 0.2) is 12.0 Å². The molecule has 1 aromatic carbocycles. The minimum Gasteiger partial charge on any atom is -0.482 e. The van der Waals surface area contributed by atoms with Gasteiger partial charge in [-0.25, -0.2) is 0 Å². The Labute approximate surface area is 99.6 Å². The predicted molar refractivity (Wildman–Crippen MR) is 63.1 cm³/mol. The molecule has 0 fully saturated rings. The van der Waals surface area contributed by atoms with E-state index < -0.39 is 22.7 Å². The lowest BCUT2D eigenvalue weighted by molar-refractivity contribution is -0.0300. The monoisotopic (exact) mass is 239 g/mol. The van der Waals surface area contributed by atoms with Gasteiger partial charge in [0.1, 0.15) is 11.3 Å². The van der Waals surface area contributed by atoms with Crippen molar-refractivity contribution in [1.29, 1.82) is 0 Å². The quantitative estimate of drug-likeness (QED) is 0.384. The Morgan fingerprint density at radius 3 is 2.24 bits per heavy atom. The van der Waals surface area contributed by atoms with Crippen LogP contribution in [0.25, 0.3) is 0 Å². The van der Waals surface area contributed by atoms with E-state index in [-0.39, 0.29) is 18.0 Å². The highest BCUT2D eigenvalue weighted by Crippen LogP contribution is 2.25. The molecule has 2 N–H and O–H groups in total. The van der Waals surface area contributed by atoms with Gasteiger partial charge in [0.25, 0.3) is 10.9 Å². The van der Waals surface area contributed by atoms with E-state index in [1.165, 1.54) is 0 Å². The van der Waals surface area contributed by atoms with Crippen LogP contribution in [0.3, 0.4) is 0 Å². The Kier molecular flexibility index (Phi) is 3.64. The number of nitrogens with zero attached hydrogens (tertiary/aromatic N) is 1. The molecule has 6 nitrogen and oxygen atoms in total.